The SMILES string of the molecule is Clc1nncc2oc(Br)cc12. The molecule has 0 radical (unpaired) electrons. The van der Waals surface area contributed by atoms with Gasteiger partial charge < -0.3 is 4.42 Å². The van der Waals surface area contributed by atoms with Gasteiger partial charge in [-0.15, -0.1) is 5.10 Å². The molecule has 0 N–H and O–H groups in total. The molecule has 0 unspecified atom stereocenters. The van der Waals surface area contributed by atoms with E-state index in [0.717, 1.165) is 5.39 Å². The predicted octanol–water partition coefficient (Wildman–Crippen LogP) is 2.64. The number of rotatable bonds is 0. The van der Waals surface area contributed by atoms with Gasteiger partial charge in [0.15, 0.2) is 15.4 Å². The Balaban J connectivity index is 2.90. The summed E-state index contributed by atoms with van der Waals surface area (Å²) in [4.78, 5) is 0. The highest BCUT2D eigenvalue weighted by atomic mass is 79.9. The summed E-state index contributed by atoms with van der Waals surface area (Å²) < 4.78 is 5.81. The third-order valence-electron chi connectivity index (χ3n) is 1.27. The van der Waals surface area contributed by atoms with Gasteiger partial charge in [0.2, 0.25) is 0 Å². The fourth-order valence-electron chi connectivity index (χ4n) is 0.817. The van der Waals surface area contributed by atoms with Crippen molar-refractivity contribution in [1.29, 1.82) is 0 Å². The number of hydrogen-bond acceptors (Lipinski definition) is 3. The maximum atomic E-state index is 5.72. The van der Waals surface area contributed by atoms with Gasteiger partial charge in [0.25, 0.3) is 0 Å². The Bertz CT molecular complexity index is 400. The molecule has 5 heteroatoms. The molecule has 2 heterocycles. The van der Waals surface area contributed by atoms with Crippen molar-refractivity contribution in [2.75, 3.05) is 0 Å². The summed E-state index contributed by atoms with van der Waals surface area (Å²) in [6.07, 6.45) is 1.52. The zero-order valence-corrected chi connectivity index (χ0v) is 7.56. The van der Waals surface area contributed by atoms with E-state index >= 15 is 0 Å². The first-order chi connectivity index (χ1) is 5.27. The van der Waals surface area contributed by atoms with Crippen molar-refractivity contribution in [3.8, 4) is 0 Å². The zero-order chi connectivity index (χ0) is 7.84. The lowest BCUT2D eigenvalue weighted by atomic mass is 10.4. The Morgan fingerprint density at radius 2 is 2.36 bits per heavy atom. The van der Waals surface area contributed by atoms with Gasteiger partial charge in [-0.1, -0.05) is 11.6 Å². The lowest BCUT2D eigenvalue weighted by Gasteiger charge is -1.86. The fraction of sp³-hybridized carbons (Fsp3) is 0. The van der Waals surface area contributed by atoms with Crippen LogP contribution in [0.3, 0.4) is 0 Å². The highest BCUT2D eigenvalue weighted by Crippen LogP contribution is 2.26. The smallest absolute Gasteiger partial charge is 0.170 e. The highest BCUT2D eigenvalue weighted by Gasteiger charge is 2.05. The molecule has 0 saturated heterocycles. The van der Waals surface area contributed by atoms with Gasteiger partial charge in [-0.05, 0) is 15.9 Å². The number of hydrogen-bond donors (Lipinski definition) is 0. The van der Waals surface area contributed by atoms with Crippen LogP contribution in [0, 0.1) is 0 Å². The van der Waals surface area contributed by atoms with Crippen LogP contribution < -0.4 is 0 Å². The van der Waals surface area contributed by atoms with Gasteiger partial charge >= 0.3 is 0 Å². The molecule has 0 aromatic carbocycles. The van der Waals surface area contributed by atoms with Crippen LogP contribution in [-0.4, -0.2) is 10.2 Å². The highest BCUT2D eigenvalue weighted by molar-refractivity contribution is 9.10. The lowest BCUT2D eigenvalue weighted by molar-refractivity contribution is 0.585. The van der Waals surface area contributed by atoms with Crippen molar-refractivity contribution in [3.05, 3.63) is 22.1 Å². The molecule has 11 heavy (non-hydrogen) atoms. The molecule has 0 fully saturated rings. The van der Waals surface area contributed by atoms with E-state index in [1.54, 1.807) is 6.07 Å². The Morgan fingerprint density at radius 3 is 3.09 bits per heavy atom. The van der Waals surface area contributed by atoms with Gasteiger partial charge in [-0.25, -0.2) is 0 Å². The first-order valence-corrected chi connectivity index (χ1v) is 4.01. The Hall–Kier alpha value is -0.610. The Morgan fingerprint density at radius 1 is 1.55 bits per heavy atom. The minimum Gasteiger partial charge on any atom is -0.448 e. The van der Waals surface area contributed by atoms with Crippen molar-refractivity contribution < 1.29 is 4.42 Å². The topological polar surface area (TPSA) is 38.9 Å². The standard InChI is InChI=1S/C6H2BrClN2O/c7-5-1-3-4(11-5)2-9-10-6(3)8/h1-2H. The number of furan rings is 1. The molecule has 0 aliphatic rings. The van der Waals surface area contributed by atoms with Crippen LogP contribution in [-0.2, 0) is 0 Å². The monoisotopic (exact) mass is 232 g/mol. The van der Waals surface area contributed by atoms with Crippen LogP contribution >= 0.6 is 27.5 Å². The van der Waals surface area contributed by atoms with E-state index in [0.29, 0.717) is 15.4 Å². The van der Waals surface area contributed by atoms with Crippen LogP contribution in [0.2, 0.25) is 5.15 Å². The van der Waals surface area contributed by atoms with E-state index in [4.69, 9.17) is 16.0 Å². The molecule has 0 saturated carbocycles. The summed E-state index contributed by atoms with van der Waals surface area (Å²) in [5.41, 5.74) is 0.636. The maximum Gasteiger partial charge on any atom is 0.170 e. The van der Waals surface area contributed by atoms with Crippen LogP contribution in [0.4, 0.5) is 0 Å². The molecule has 2 rings (SSSR count). The van der Waals surface area contributed by atoms with Gasteiger partial charge in [-0.3, -0.25) is 0 Å². The van der Waals surface area contributed by atoms with Crippen LogP contribution in [0.5, 0.6) is 0 Å². The molecule has 0 atom stereocenters. The van der Waals surface area contributed by atoms with E-state index in [-0.39, 0.29) is 0 Å². The number of nitrogens with zero attached hydrogens (tertiary/aromatic N) is 2. The third kappa shape index (κ3) is 1.12. The largest absolute Gasteiger partial charge is 0.448 e. The molecule has 0 aliphatic heterocycles. The van der Waals surface area contributed by atoms with E-state index in [1.807, 2.05) is 0 Å². The van der Waals surface area contributed by atoms with E-state index < -0.39 is 0 Å². The number of fused-ring (bicyclic) bond motifs is 1. The van der Waals surface area contributed by atoms with Gasteiger partial charge in [-0.2, -0.15) is 5.10 Å². The zero-order valence-electron chi connectivity index (χ0n) is 5.21. The van der Waals surface area contributed by atoms with Crippen LogP contribution in [0.15, 0.2) is 21.3 Å². The minimum absolute atomic E-state index is 0.358. The van der Waals surface area contributed by atoms with Crippen molar-refractivity contribution in [3.63, 3.8) is 0 Å². The second-order valence-corrected chi connectivity index (χ2v) is 3.10. The molecule has 56 valence electrons. The molecule has 3 nitrogen and oxygen atoms in total. The van der Waals surface area contributed by atoms with E-state index in [1.165, 1.54) is 6.20 Å². The molecule has 0 aliphatic carbocycles. The van der Waals surface area contributed by atoms with Gasteiger partial charge in [0.1, 0.15) is 0 Å². The summed E-state index contributed by atoms with van der Waals surface area (Å²) in [7, 11) is 0. The second-order valence-electron chi connectivity index (χ2n) is 1.96. The van der Waals surface area contributed by atoms with Crippen molar-refractivity contribution in [2.45, 2.75) is 0 Å². The average Bonchev–Trinajstić information content (AvgIpc) is 2.31. The fourth-order valence-corrected chi connectivity index (χ4v) is 1.41. The average molecular weight is 233 g/mol. The normalized spacial score (nSPS) is 10.7. The summed E-state index contributed by atoms with van der Waals surface area (Å²) >= 11 is 8.89. The quantitative estimate of drug-likeness (QED) is 0.702. The molecule has 0 amide bonds. The minimum atomic E-state index is 0.358. The van der Waals surface area contributed by atoms with E-state index in [9.17, 15) is 0 Å². The van der Waals surface area contributed by atoms with Gasteiger partial charge in [0.05, 0.1) is 11.6 Å². The summed E-state index contributed by atoms with van der Waals surface area (Å²) in [6.45, 7) is 0. The first kappa shape index (κ1) is 7.06. The van der Waals surface area contributed by atoms with Crippen molar-refractivity contribution >= 4 is 38.5 Å². The number of aromatic nitrogens is 2. The van der Waals surface area contributed by atoms with Crippen LogP contribution in [0.25, 0.3) is 11.0 Å². The molecule has 0 spiro atoms. The molecular weight excluding hydrogens is 231 g/mol. The first-order valence-electron chi connectivity index (χ1n) is 2.83. The summed E-state index contributed by atoms with van der Waals surface area (Å²) in [6, 6.07) is 1.76. The lowest BCUT2D eigenvalue weighted by Crippen LogP contribution is -1.78. The Kier molecular flexibility index (Phi) is 1.58. The third-order valence-corrected chi connectivity index (χ3v) is 1.94. The van der Waals surface area contributed by atoms with E-state index in [2.05, 4.69) is 26.1 Å². The Labute approximate surface area is 75.5 Å². The maximum absolute atomic E-state index is 5.72. The molecular formula is C6H2BrClN2O. The van der Waals surface area contributed by atoms with Crippen LogP contribution in [0.1, 0.15) is 0 Å². The number of halogens is 2. The summed E-state index contributed by atoms with van der Waals surface area (Å²) in [5, 5.41) is 8.41. The second kappa shape index (κ2) is 2.46. The molecule has 2 aromatic heterocycles. The van der Waals surface area contributed by atoms with Crippen molar-refractivity contribution in [2.24, 2.45) is 0 Å². The van der Waals surface area contributed by atoms with Crippen molar-refractivity contribution in [1.82, 2.24) is 10.2 Å². The molecule has 0 bridgehead atoms. The molecule has 2 aromatic rings. The predicted molar refractivity (Wildman–Crippen MR) is 44.5 cm³/mol. The summed E-state index contributed by atoms with van der Waals surface area (Å²) in [5.74, 6) is 0. The van der Waals surface area contributed by atoms with Gasteiger partial charge in [0, 0.05) is 6.07 Å².